The Bertz CT molecular complexity index is 653. The number of nitro groups is 1. The molecule has 1 heterocycles. The molecule has 82 valence electrons. The number of fused-ring (bicyclic) bond motifs is 1. The Morgan fingerprint density at radius 3 is 2.69 bits per heavy atom. The molecule has 0 aliphatic rings. The number of rotatable bonds is 1. The molecule has 0 atom stereocenters. The highest BCUT2D eigenvalue weighted by molar-refractivity contribution is 6.38. The lowest BCUT2D eigenvalue weighted by atomic mass is 10.2. The van der Waals surface area contributed by atoms with Crippen LogP contribution < -0.4 is 5.43 Å². The van der Waals surface area contributed by atoms with E-state index in [1.54, 1.807) is 0 Å². The second kappa shape index (κ2) is 3.73. The zero-order valence-corrected chi connectivity index (χ0v) is 9.04. The normalized spacial score (nSPS) is 10.6. The number of benzene rings is 1. The summed E-state index contributed by atoms with van der Waals surface area (Å²) in [4.78, 5) is 21.3. The van der Waals surface area contributed by atoms with E-state index >= 15 is 0 Å². The molecule has 0 aliphatic carbocycles. The molecule has 0 spiro atoms. The number of H-pyrrole nitrogens is 1. The molecule has 0 radical (unpaired) electrons. The summed E-state index contributed by atoms with van der Waals surface area (Å²) in [6.45, 7) is 0. The lowest BCUT2D eigenvalue weighted by molar-refractivity contribution is -0.391. The summed E-state index contributed by atoms with van der Waals surface area (Å²) >= 11 is 11.5. The van der Waals surface area contributed by atoms with E-state index < -0.39 is 16.2 Å². The molecule has 6 nitrogen and oxygen atoms in total. The third-order valence-corrected chi connectivity index (χ3v) is 2.47. The SMILES string of the molecule is O=c1c([N+](=O)[O-])n[nH]c2c(Cl)cc(Cl)cc12. The standard InChI is InChI=1S/C8H3Cl2N3O3/c9-3-1-4-6(5(10)2-3)11-12-8(7(4)14)13(15)16/h1-2H,(H,11,14). The highest BCUT2D eigenvalue weighted by Gasteiger charge is 2.18. The highest BCUT2D eigenvalue weighted by Crippen LogP contribution is 2.24. The number of aromatic nitrogens is 2. The molecule has 0 bridgehead atoms. The Labute approximate surface area is 97.9 Å². The van der Waals surface area contributed by atoms with Gasteiger partial charge in [-0.25, -0.2) is 0 Å². The molecular formula is C8H3Cl2N3O3. The Morgan fingerprint density at radius 1 is 1.38 bits per heavy atom. The highest BCUT2D eigenvalue weighted by atomic mass is 35.5. The first kappa shape index (κ1) is 10.8. The molecule has 0 amide bonds. The van der Waals surface area contributed by atoms with Crippen molar-refractivity contribution in [3.05, 3.63) is 42.5 Å². The molecule has 16 heavy (non-hydrogen) atoms. The van der Waals surface area contributed by atoms with Crippen molar-refractivity contribution in [2.75, 3.05) is 0 Å². The third-order valence-electron chi connectivity index (χ3n) is 1.95. The Balaban J connectivity index is 2.95. The fourth-order valence-electron chi connectivity index (χ4n) is 1.27. The quantitative estimate of drug-likeness (QED) is 0.628. The minimum Gasteiger partial charge on any atom is -0.358 e. The number of hydrogen-bond acceptors (Lipinski definition) is 4. The zero-order chi connectivity index (χ0) is 11.9. The summed E-state index contributed by atoms with van der Waals surface area (Å²) in [6, 6.07) is 2.71. The Hall–Kier alpha value is -1.66. The third kappa shape index (κ3) is 1.62. The lowest BCUT2D eigenvalue weighted by Crippen LogP contribution is -2.12. The van der Waals surface area contributed by atoms with Crippen LogP contribution in [0.5, 0.6) is 0 Å². The summed E-state index contributed by atoms with van der Waals surface area (Å²) in [5, 5.41) is 16.6. The molecule has 1 N–H and O–H groups in total. The smallest absolute Gasteiger partial charge is 0.358 e. The first-order valence-electron chi connectivity index (χ1n) is 4.02. The summed E-state index contributed by atoms with van der Waals surface area (Å²) in [5.41, 5.74) is -0.593. The second-order valence-electron chi connectivity index (χ2n) is 2.94. The van der Waals surface area contributed by atoms with E-state index in [2.05, 4.69) is 10.2 Å². The van der Waals surface area contributed by atoms with Crippen LogP contribution in [0.25, 0.3) is 10.9 Å². The molecular weight excluding hydrogens is 257 g/mol. The van der Waals surface area contributed by atoms with Gasteiger partial charge in [-0.15, -0.1) is 0 Å². The van der Waals surface area contributed by atoms with Crippen LogP contribution in [0.3, 0.4) is 0 Å². The van der Waals surface area contributed by atoms with Gasteiger partial charge in [0.05, 0.1) is 15.5 Å². The van der Waals surface area contributed by atoms with Crippen LogP contribution in [-0.2, 0) is 0 Å². The maximum absolute atomic E-state index is 11.6. The van der Waals surface area contributed by atoms with Crippen molar-refractivity contribution in [1.29, 1.82) is 0 Å². The summed E-state index contributed by atoms with van der Waals surface area (Å²) in [5.74, 6) is -0.786. The van der Waals surface area contributed by atoms with E-state index in [0.717, 1.165) is 0 Å². The molecule has 0 aliphatic heterocycles. The van der Waals surface area contributed by atoms with Crippen molar-refractivity contribution in [1.82, 2.24) is 10.2 Å². The summed E-state index contributed by atoms with van der Waals surface area (Å²) in [7, 11) is 0. The van der Waals surface area contributed by atoms with Crippen molar-refractivity contribution >= 4 is 39.9 Å². The molecule has 1 aromatic carbocycles. The van der Waals surface area contributed by atoms with Crippen molar-refractivity contribution in [2.45, 2.75) is 0 Å². The first-order chi connectivity index (χ1) is 7.50. The van der Waals surface area contributed by atoms with Gasteiger partial charge in [0.15, 0.2) is 0 Å². The molecule has 2 aromatic rings. The molecule has 1 aromatic heterocycles. The number of hydrogen-bond donors (Lipinski definition) is 1. The minimum absolute atomic E-state index is 0.0409. The van der Waals surface area contributed by atoms with Gasteiger partial charge < -0.3 is 10.1 Å². The van der Waals surface area contributed by atoms with E-state index in [4.69, 9.17) is 23.2 Å². The van der Waals surface area contributed by atoms with Crippen LogP contribution in [0.4, 0.5) is 5.82 Å². The van der Waals surface area contributed by atoms with Gasteiger partial charge in [-0.1, -0.05) is 23.2 Å². The van der Waals surface area contributed by atoms with Crippen molar-refractivity contribution < 1.29 is 4.92 Å². The topological polar surface area (TPSA) is 88.9 Å². The van der Waals surface area contributed by atoms with Crippen LogP contribution in [0, 0.1) is 10.1 Å². The van der Waals surface area contributed by atoms with Gasteiger partial charge in [0.1, 0.15) is 5.52 Å². The molecule has 2 rings (SSSR count). The average Bonchev–Trinajstić information content (AvgIpc) is 2.19. The summed E-state index contributed by atoms with van der Waals surface area (Å²) in [6.07, 6.45) is 0. The van der Waals surface area contributed by atoms with E-state index in [1.165, 1.54) is 12.1 Å². The van der Waals surface area contributed by atoms with Crippen molar-refractivity contribution in [3.63, 3.8) is 0 Å². The molecule has 8 heteroatoms. The van der Waals surface area contributed by atoms with Crippen molar-refractivity contribution in [2.24, 2.45) is 0 Å². The summed E-state index contributed by atoms with van der Waals surface area (Å²) < 4.78 is 0. The van der Waals surface area contributed by atoms with Crippen LogP contribution in [0.15, 0.2) is 16.9 Å². The van der Waals surface area contributed by atoms with Crippen molar-refractivity contribution in [3.8, 4) is 0 Å². The Kier molecular flexibility index (Phi) is 2.53. The second-order valence-corrected chi connectivity index (χ2v) is 3.79. The van der Waals surface area contributed by atoms with E-state index in [-0.39, 0.29) is 20.9 Å². The van der Waals surface area contributed by atoms with E-state index in [0.29, 0.717) is 0 Å². The van der Waals surface area contributed by atoms with Gasteiger partial charge in [0.25, 0.3) is 5.43 Å². The number of nitrogens with one attached hydrogen (secondary N) is 1. The molecule has 0 saturated heterocycles. The van der Waals surface area contributed by atoms with Gasteiger partial charge in [0, 0.05) is 5.02 Å². The monoisotopic (exact) mass is 259 g/mol. The van der Waals surface area contributed by atoms with Gasteiger partial charge in [-0.05, 0) is 17.1 Å². The largest absolute Gasteiger partial charge is 0.436 e. The van der Waals surface area contributed by atoms with Crippen LogP contribution in [0.2, 0.25) is 10.0 Å². The van der Waals surface area contributed by atoms with Gasteiger partial charge in [-0.2, -0.15) is 5.10 Å². The van der Waals surface area contributed by atoms with Gasteiger partial charge >= 0.3 is 5.82 Å². The maximum atomic E-state index is 11.6. The number of nitrogens with zero attached hydrogens (tertiary/aromatic N) is 2. The van der Waals surface area contributed by atoms with Crippen LogP contribution in [0.1, 0.15) is 0 Å². The predicted octanol–water partition coefficient (Wildman–Crippen LogP) is 2.14. The average molecular weight is 260 g/mol. The lowest BCUT2D eigenvalue weighted by Gasteiger charge is -1.98. The van der Waals surface area contributed by atoms with Gasteiger partial charge in [-0.3, -0.25) is 4.79 Å². The number of halogens is 2. The fraction of sp³-hybridized carbons (Fsp3) is 0. The predicted molar refractivity (Wildman–Crippen MR) is 59.0 cm³/mol. The van der Waals surface area contributed by atoms with E-state index in [9.17, 15) is 14.9 Å². The number of aromatic amines is 1. The maximum Gasteiger partial charge on any atom is 0.436 e. The van der Waals surface area contributed by atoms with Gasteiger partial charge in [0.2, 0.25) is 0 Å². The molecule has 0 fully saturated rings. The molecule has 0 unspecified atom stereocenters. The van der Waals surface area contributed by atoms with Crippen LogP contribution >= 0.6 is 23.2 Å². The van der Waals surface area contributed by atoms with E-state index in [1.807, 2.05) is 0 Å². The van der Waals surface area contributed by atoms with Crippen LogP contribution in [-0.4, -0.2) is 15.1 Å². The molecule has 0 saturated carbocycles. The Morgan fingerprint density at radius 2 is 2.06 bits per heavy atom. The fourth-order valence-corrected chi connectivity index (χ4v) is 1.81. The first-order valence-corrected chi connectivity index (χ1v) is 4.78. The minimum atomic E-state index is -0.868. The zero-order valence-electron chi connectivity index (χ0n) is 7.53.